The van der Waals surface area contributed by atoms with E-state index in [0.717, 1.165) is 204 Å². The number of piperidine rings is 7. The lowest BCUT2D eigenvalue weighted by atomic mass is 9.87. The molecule has 806 valence electrons. The lowest BCUT2D eigenvalue weighted by Gasteiger charge is -2.41. The van der Waals surface area contributed by atoms with E-state index >= 15 is 0 Å². The van der Waals surface area contributed by atoms with Gasteiger partial charge in [-0.3, -0.25) is 67.1 Å². The second-order valence-electron chi connectivity index (χ2n) is 46.1. The number of ketones is 5. The number of hydrogen-bond acceptors (Lipinski definition) is 21. The average Bonchev–Trinajstić information content (AvgIpc) is 0.825. The predicted molar refractivity (Wildman–Crippen MR) is 578 cm³/mol. The van der Waals surface area contributed by atoms with Gasteiger partial charge in [-0.2, -0.15) is 0 Å². The van der Waals surface area contributed by atoms with Crippen molar-refractivity contribution >= 4 is 70.3 Å². The largest absolute Gasteiger partial charge is 0.347 e. The Balaban J connectivity index is 0.000000208. The fourth-order valence-corrected chi connectivity index (χ4v) is 20.0. The van der Waals surface area contributed by atoms with Gasteiger partial charge in [-0.15, -0.1) is 0 Å². The number of nitrogens with zero attached hydrogens (tertiary/aromatic N) is 9. The number of rotatable bonds is 21. The van der Waals surface area contributed by atoms with E-state index in [0.29, 0.717) is 89.5 Å². The van der Waals surface area contributed by atoms with Crippen LogP contribution in [-0.4, -0.2) is 286 Å². The Bertz CT molecular complexity index is 5340. The fourth-order valence-electron chi connectivity index (χ4n) is 20.0. The summed E-state index contributed by atoms with van der Waals surface area (Å²) >= 11 is 0. The number of carbonyl (C=O) groups is 12. The van der Waals surface area contributed by atoms with Crippen LogP contribution in [-0.2, 0) is 62.0 Å². The van der Waals surface area contributed by atoms with Gasteiger partial charge in [-0.25, -0.2) is 4.39 Å². The van der Waals surface area contributed by atoms with Crippen molar-refractivity contribution in [1.29, 1.82) is 0 Å². The highest BCUT2D eigenvalue weighted by Crippen LogP contribution is 2.34. The molecule has 31 heteroatoms. The molecule has 7 N–H and O–H groups in total. The van der Waals surface area contributed by atoms with Crippen LogP contribution in [0.4, 0.5) is 4.39 Å². The van der Waals surface area contributed by atoms with Crippen molar-refractivity contribution in [2.45, 2.75) is 369 Å². The van der Waals surface area contributed by atoms with Crippen LogP contribution >= 0.6 is 0 Å². The Morgan fingerprint density at radius 3 is 1.06 bits per heavy atom. The van der Waals surface area contributed by atoms with E-state index in [-0.39, 0.29) is 138 Å². The molecule has 0 saturated carbocycles. The van der Waals surface area contributed by atoms with Gasteiger partial charge in [0, 0.05) is 240 Å². The first-order valence-electron chi connectivity index (χ1n) is 53.3. The molecular weight excluding hydrogens is 1850 g/mol. The number of amides is 7. The van der Waals surface area contributed by atoms with Crippen LogP contribution in [0.5, 0.6) is 0 Å². The van der Waals surface area contributed by atoms with Crippen LogP contribution in [0.3, 0.4) is 0 Å². The molecule has 0 unspecified atom stereocenters. The summed E-state index contributed by atoms with van der Waals surface area (Å²) in [6.07, 6.45) is 34.7. The second kappa shape index (κ2) is 53.7. The molecule has 0 spiro atoms. The van der Waals surface area contributed by atoms with Crippen LogP contribution in [0.15, 0.2) is 158 Å². The Kier molecular flexibility index (Phi) is 44.4. The Morgan fingerprint density at radius 1 is 0.356 bits per heavy atom. The van der Waals surface area contributed by atoms with E-state index in [9.17, 15) is 71.5 Å². The van der Waals surface area contributed by atoms with Crippen molar-refractivity contribution in [3.63, 3.8) is 0 Å². The topological polar surface area (TPSA) is 356 Å². The molecule has 7 saturated heterocycles. The Hall–Kier alpha value is -10.4. The summed E-state index contributed by atoms with van der Waals surface area (Å²) in [4.78, 5) is 185. The summed E-state index contributed by atoms with van der Waals surface area (Å²) in [5.74, 6) is -2.56. The smallest absolute Gasteiger partial charge is 0.268 e. The van der Waals surface area contributed by atoms with E-state index in [2.05, 4.69) is 210 Å². The lowest BCUT2D eigenvalue weighted by molar-refractivity contribution is -0.123. The lowest BCUT2D eigenvalue weighted by Crippen LogP contribution is -2.55. The monoisotopic (exact) mass is 2020 g/mol. The van der Waals surface area contributed by atoms with Gasteiger partial charge in [0.2, 0.25) is 17.7 Å². The number of aromatic nitrogens is 2. The van der Waals surface area contributed by atoms with Gasteiger partial charge in [0.15, 0.2) is 34.3 Å². The quantitative estimate of drug-likeness (QED) is 0.0571. The molecular formula is C115H175FN16O14. The van der Waals surface area contributed by atoms with Crippen LogP contribution in [0, 0.1) is 6.92 Å². The fraction of sp³-hybridized carbons (Fsp3) is 0.635. The van der Waals surface area contributed by atoms with Gasteiger partial charge in [-0.1, -0.05) is 29.9 Å². The zero-order chi connectivity index (χ0) is 108. The number of halogens is 1. The summed E-state index contributed by atoms with van der Waals surface area (Å²) < 4.78 is 16.9. The minimum atomic E-state index is -0.602. The van der Waals surface area contributed by atoms with E-state index in [4.69, 9.17) is 0 Å². The predicted octanol–water partition coefficient (Wildman–Crippen LogP) is 13.2. The molecule has 0 atom stereocenters. The minimum absolute atomic E-state index is 0.00512. The summed E-state index contributed by atoms with van der Waals surface area (Å²) in [5.41, 5.74) is 3.47. The molecule has 146 heavy (non-hydrogen) atoms. The Labute approximate surface area is 868 Å². The molecule has 14 rings (SSSR count). The summed E-state index contributed by atoms with van der Waals surface area (Å²) in [5, 5.41) is 21.6. The molecule has 0 aromatic carbocycles. The number of aryl methyl sites for hydroxylation is 2. The van der Waals surface area contributed by atoms with Gasteiger partial charge in [0.25, 0.3) is 29.2 Å². The molecule has 7 aliphatic heterocycles. The van der Waals surface area contributed by atoms with Crippen molar-refractivity contribution in [3.8, 4) is 0 Å². The van der Waals surface area contributed by atoms with Gasteiger partial charge in [-0.05, 0) is 342 Å². The first-order valence-corrected chi connectivity index (χ1v) is 53.3. The standard InChI is InChI=1S/C17H27N3O2.2C17H26N2O2.C16H23FN2O2.C16H25N3O2.2C16H24N2O2/c1-12(2)20-8-6-17(4,7-9-20)18-16(22)15-11-14(21)10-13(3)19(15)5;1-12(2)19-7-5-17(4,6-8-19)18-16(21)14-9-13(3)10-15(20)11-14;1-12(2)19-9-7-17(4,8-10-19)18-16(21)15-11-14(20)6-5-13(15)3;1-11(2)19-8-6-16(3,7-9-19)18-15(21)13-10-12(20)4-5-14(13)17;1-12(2)19-10-7-16(3,8-11-19)17-14(20)13-6-5-9-18(4)15(13)21;1-12(2)18-9-7-16(3,8-10-18)17-15(20)13-5-4-6-14(19)11-13;1-12(2)18-10-8-16(3,9-11-18)17-15(20)13-6-4-5-7-14(13)19/h10-12H,6-9H2,1-5H3,(H,18,22);10-12H,5-9H2,1-4H3,(H,18,21);5-6,12H,7-11H2,1-4H3,(H,18,21);4-5,11H,6-10H2,1-3H3,(H,18,21);5-6,9,12H,7-8,10-11H2,1-4H3,(H,17,20);4,6,11-12H,5,7-10H2,1-3H3,(H,17,20);5-7,12H,4,8-11H2,1-3H3,(H,17,20). The highest BCUT2D eigenvalue weighted by molar-refractivity contribution is 6.24. The zero-order valence-electron chi connectivity index (χ0n) is 92.8. The summed E-state index contributed by atoms with van der Waals surface area (Å²) in [6, 6.07) is 10.0. The molecule has 9 heterocycles. The van der Waals surface area contributed by atoms with Crippen molar-refractivity contribution in [2.24, 2.45) is 14.1 Å². The summed E-state index contributed by atoms with van der Waals surface area (Å²) in [7, 11) is 3.47. The van der Waals surface area contributed by atoms with E-state index in [1.165, 1.54) is 41.0 Å². The van der Waals surface area contributed by atoms with Crippen LogP contribution < -0.4 is 48.2 Å². The molecule has 2 aromatic heterocycles. The maximum absolute atomic E-state index is 13.7. The molecule has 0 bridgehead atoms. The Morgan fingerprint density at radius 2 is 0.692 bits per heavy atom. The summed E-state index contributed by atoms with van der Waals surface area (Å²) in [6.45, 7) is 64.6. The van der Waals surface area contributed by atoms with E-state index in [1.54, 1.807) is 72.5 Å². The third-order valence-electron chi connectivity index (χ3n) is 31.3. The third-order valence-corrected chi connectivity index (χ3v) is 31.3. The van der Waals surface area contributed by atoms with Crippen molar-refractivity contribution in [3.05, 3.63) is 186 Å². The van der Waals surface area contributed by atoms with Gasteiger partial charge in [0.1, 0.15) is 17.1 Å². The molecule has 7 amide bonds. The number of nitrogens with one attached hydrogen (secondary N) is 7. The first kappa shape index (κ1) is 121. The molecule has 12 aliphatic rings. The van der Waals surface area contributed by atoms with E-state index < -0.39 is 11.7 Å². The second-order valence-corrected chi connectivity index (χ2v) is 46.1. The number of carbonyl (C=O) groups excluding carboxylic acids is 12. The highest BCUT2D eigenvalue weighted by atomic mass is 19.1. The minimum Gasteiger partial charge on any atom is -0.347 e. The van der Waals surface area contributed by atoms with E-state index in [1.807, 2.05) is 34.7 Å². The maximum atomic E-state index is 13.7. The SMILES string of the molecule is CC(C)N1CCC(C)(NC(=O)C2=C(F)C=CC(=O)C2)CC1.CC(C)N1CCC(C)(NC(=O)C2=CC(=O)C=CC2)CC1.CC(C)N1CCC(C)(NC(=O)C2=CCC=CC2=O)CC1.CC(C)N1CCC(C)(NC(=O)c2cccn(C)c2=O)CC1.CC1=C(C(=O)NC2(C)CCN(C(C)C)CC2)CC(=O)C=C1.CC1=CC(=O)C=C(C(=O)NC2(C)CCN(C(C)C)CC2)C1.Cc1cc(=O)cc(C(=O)NC2(C)CCN(C(C)C)CC2)n1C. The number of hydrogen-bond donors (Lipinski definition) is 7. The van der Waals surface area contributed by atoms with Crippen LogP contribution in [0.2, 0.25) is 0 Å². The van der Waals surface area contributed by atoms with Crippen molar-refractivity contribution in [1.82, 2.24) is 80.7 Å². The van der Waals surface area contributed by atoms with Crippen molar-refractivity contribution in [2.75, 3.05) is 91.6 Å². The molecule has 30 nitrogen and oxygen atoms in total. The maximum Gasteiger partial charge on any atom is 0.268 e. The molecule has 2 aromatic rings. The number of pyridine rings is 2. The molecule has 5 aliphatic carbocycles. The zero-order valence-corrected chi connectivity index (χ0v) is 92.8. The van der Waals surface area contributed by atoms with Crippen LogP contribution in [0.1, 0.15) is 308 Å². The number of likely N-dealkylation sites (tertiary alicyclic amines) is 7. The number of allylic oxidation sites excluding steroid dienone is 15. The third kappa shape index (κ3) is 36.5. The first-order chi connectivity index (χ1) is 68.2. The highest BCUT2D eigenvalue weighted by Gasteiger charge is 2.42. The molecule has 0 radical (unpaired) electrons. The van der Waals surface area contributed by atoms with Gasteiger partial charge in [0.05, 0.1) is 11.1 Å². The van der Waals surface area contributed by atoms with Gasteiger partial charge < -0.3 is 80.7 Å². The van der Waals surface area contributed by atoms with Crippen molar-refractivity contribution < 1.29 is 61.9 Å². The average molecular weight is 2020 g/mol. The van der Waals surface area contributed by atoms with Gasteiger partial charge >= 0.3 is 0 Å². The normalized spacial score (nSPS) is 21.6. The van der Waals surface area contributed by atoms with Crippen LogP contribution in [0.25, 0.3) is 0 Å². The molecule has 7 fully saturated rings.